The number of nitrogens with zero attached hydrogens (tertiary/aromatic N) is 1. The van der Waals surface area contributed by atoms with E-state index in [0.29, 0.717) is 11.4 Å². The first kappa shape index (κ1) is 13.5. The smallest absolute Gasteiger partial charge is 0.291 e. The number of carbonyl (C=O) groups is 1. The molecule has 3 rings (SSSR count). The number of nitrogens with two attached hydrogens (primary N) is 1. The molecule has 0 bridgehead atoms. The maximum absolute atomic E-state index is 12.1. The Hall–Kier alpha value is -2.44. The summed E-state index contributed by atoms with van der Waals surface area (Å²) in [4.78, 5) is 16.3. The highest BCUT2D eigenvalue weighted by Gasteiger charge is 2.11. The summed E-state index contributed by atoms with van der Waals surface area (Å²) < 4.78 is 5.32. The third kappa shape index (κ3) is 3.01. The molecule has 0 spiro atoms. The zero-order valence-corrected chi connectivity index (χ0v) is 11.9. The van der Waals surface area contributed by atoms with Crippen LogP contribution in [0, 0.1) is 0 Å². The molecule has 3 aromatic rings. The second-order valence-corrected chi connectivity index (χ2v) is 5.24. The summed E-state index contributed by atoms with van der Waals surface area (Å²) in [5.41, 5.74) is 7.11. The number of benzene rings is 1. The summed E-state index contributed by atoms with van der Waals surface area (Å²) in [5, 5.41) is 5.63. The average Bonchev–Trinajstić information content (AvgIpc) is 3.19. The summed E-state index contributed by atoms with van der Waals surface area (Å²) >= 11 is 1.55. The van der Waals surface area contributed by atoms with E-state index in [1.165, 1.54) is 0 Å². The van der Waals surface area contributed by atoms with Crippen molar-refractivity contribution in [2.45, 2.75) is 6.54 Å². The highest BCUT2D eigenvalue weighted by Crippen LogP contribution is 2.24. The fourth-order valence-corrected chi connectivity index (χ4v) is 2.53. The molecule has 3 N–H and O–H groups in total. The third-order valence-corrected chi connectivity index (χ3v) is 3.71. The first-order valence-electron chi connectivity index (χ1n) is 6.36. The quantitative estimate of drug-likeness (QED) is 0.775. The molecule has 0 aliphatic rings. The van der Waals surface area contributed by atoms with Crippen LogP contribution in [0.2, 0.25) is 0 Å². The number of hydrogen-bond donors (Lipinski definition) is 2. The van der Waals surface area contributed by atoms with Crippen LogP contribution in [-0.4, -0.2) is 10.9 Å². The van der Waals surface area contributed by atoms with Gasteiger partial charge in [0.15, 0.2) is 5.76 Å². The van der Waals surface area contributed by atoms with Crippen LogP contribution < -0.4 is 11.1 Å². The van der Waals surface area contributed by atoms with Crippen LogP contribution in [-0.2, 0) is 6.54 Å². The van der Waals surface area contributed by atoms with Gasteiger partial charge in [-0.2, -0.15) is 0 Å². The Bertz CT molecular complexity index is 750. The van der Waals surface area contributed by atoms with Crippen LogP contribution in [0.15, 0.2) is 52.4 Å². The molecular formula is C15H13N3O2S. The molecule has 0 saturated heterocycles. The molecule has 2 heterocycles. The topological polar surface area (TPSA) is 81.2 Å². The maximum Gasteiger partial charge on any atom is 0.291 e. The van der Waals surface area contributed by atoms with Crippen LogP contribution in [0.25, 0.3) is 10.6 Å². The van der Waals surface area contributed by atoms with E-state index in [2.05, 4.69) is 10.3 Å². The van der Waals surface area contributed by atoms with Crippen LogP contribution in [0.4, 0.5) is 5.69 Å². The predicted octanol–water partition coefficient (Wildman–Crippen LogP) is 3.11. The van der Waals surface area contributed by atoms with Gasteiger partial charge in [-0.3, -0.25) is 4.79 Å². The molecule has 0 fully saturated rings. The molecule has 106 valence electrons. The van der Waals surface area contributed by atoms with Gasteiger partial charge < -0.3 is 15.5 Å². The van der Waals surface area contributed by atoms with Crippen LogP contribution in [0.1, 0.15) is 16.3 Å². The molecule has 6 heteroatoms. The van der Waals surface area contributed by atoms with E-state index < -0.39 is 0 Å². The largest absolute Gasteiger partial charge is 0.455 e. The lowest BCUT2D eigenvalue weighted by Crippen LogP contribution is -2.10. The van der Waals surface area contributed by atoms with Crippen molar-refractivity contribution in [3.05, 3.63) is 59.5 Å². The van der Waals surface area contributed by atoms with E-state index in [-0.39, 0.29) is 18.2 Å². The number of thiazole rings is 1. The lowest BCUT2D eigenvalue weighted by molar-refractivity contribution is 0.0995. The van der Waals surface area contributed by atoms with Gasteiger partial charge >= 0.3 is 0 Å². The van der Waals surface area contributed by atoms with Gasteiger partial charge in [0.05, 0.1) is 6.54 Å². The van der Waals surface area contributed by atoms with Crippen LogP contribution in [0.3, 0.4) is 0 Å². The third-order valence-electron chi connectivity index (χ3n) is 2.89. The molecule has 0 aliphatic carbocycles. The van der Waals surface area contributed by atoms with E-state index in [9.17, 15) is 4.79 Å². The Kier molecular flexibility index (Phi) is 3.81. The molecule has 21 heavy (non-hydrogen) atoms. The van der Waals surface area contributed by atoms with Gasteiger partial charge in [-0.05, 0) is 24.3 Å². The molecule has 1 aromatic carbocycles. The maximum atomic E-state index is 12.1. The van der Waals surface area contributed by atoms with Gasteiger partial charge in [0.2, 0.25) is 0 Å². The fraction of sp³-hybridized carbons (Fsp3) is 0.0667. The molecule has 1 amide bonds. The van der Waals surface area contributed by atoms with E-state index in [4.69, 9.17) is 10.2 Å². The van der Waals surface area contributed by atoms with E-state index in [1.54, 1.807) is 29.7 Å². The normalized spacial score (nSPS) is 10.5. The molecule has 2 aromatic heterocycles. The lowest BCUT2D eigenvalue weighted by Gasteiger charge is -2.05. The molecule has 0 saturated carbocycles. The van der Waals surface area contributed by atoms with Crippen molar-refractivity contribution in [3.8, 4) is 10.6 Å². The highest BCUT2D eigenvalue weighted by molar-refractivity contribution is 7.13. The minimum absolute atomic E-state index is 0.245. The number of hydrogen-bond acceptors (Lipinski definition) is 5. The molecule has 0 radical (unpaired) electrons. The van der Waals surface area contributed by atoms with Gasteiger partial charge in [-0.15, -0.1) is 11.3 Å². The number of rotatable bonds is 4. The number of nitrogens with one attached hydrogen (secondary N) is 1. The SMILES string of the molecule is NCc1ccc(C(=O)Nc2cccc(-c3nccs3)c2)o1. The Balaban J connectivity index is 1.78. The van der Waals surface area contributed by atoms with Gasteiger partial charge in [0, 0.05) is 22.8 Å². The predicted molar refractivity (Wildman–Crippen MR) is 82.1 cm³/mol. The van der Waals surface area contributed by atoms with E-state index in [0.717, 1.165) is 10.6 Å². The van der Waals surface area contributed by atoms with Gasteiger partial charge in [-0.25, -0.2) is 4.98 Å². The minimum Gasteiger partial charge on any atom is -0.455 e. The first-order valence-corrected chi connectivity index (χ1v) is 7.24. The summed E-state index contributed by atoms with van der Waals surface area (Å²) in [7, 11) is 0. The van der Waals surface area contributed by atoms with Crippen molar-refractivity contribution in [2.24, 2.45) is 5.73 Å². The zero-order valence-electron chi connectivity index (χ0n) is 11.1. The van der Waals surface area contributed by atoms with Crippen LogP contribution >= 0.6 is 11.3 Å². The Morgan fingerprint density at radius 3 is 2.95 bits per heavy atom. The molecule has 0 aliphatic heterocycles. The van der Waals surface area contributed by atoms with E-state index >= 15 is 0 Å². The summed E-state index contributed by atoms with van der Waals surface area (Å²) in [6.45, 7) is 0.271. The van der Waals surface area contributed by atoms with Crippen molar-refractivity contribution in [2.75, 3.05) is 5.32 Å². The fourth-order valence-electron chi connectivity index (χ4n) is 1.90. The zero-order chi connectivity index (χ0) is 14.7. The number of furan rings is 1. The van der Waals surface area contributed by atoms with E-state index in [1.807, 2.05) is 29.6 Å². The number of amides is 1. The first-order chi connectivity index (χ1) is 10.3. The van der Waals surface area contributed by atoms with Crippen molar-refractivity contribution in [1.82, 2.24) is 4.98 Å². The van der Waals surface area contributed by atoms with Crippen molar-refractivity contribution in [1.29, 1.82) is 0 Å². The van der Waals surface area contributed by atoms with Crippen molar-refractivity contribution in [3.63, 3.8) is 0 Å². The average molecular weight is 299 g/mol. The summed E-state index contributed by atoms with van der Waals surface area (Å²) in [5.74, 6) is 0.526. The molecule has 0 unspecified atom stereocenters. The van der Waals surface area contributed by atoms with Gasteiger partial charge in [-0.1, -0.05) is 12.1 Å². The van der Waals surface area contributed by atoms with Crippen molar-refractivity contribution < 1.29 is 9.21 Å². The molecular weight excluding hydrogens is 286 g/mol. The second-order valence-electron chi connectivity index (χ2n) is 4.34. The Labute approximate surface area is 125 Å². The van der Waals surface area contributed by atoms with Crippen LogP contribution in [0.5, 0.6) is 0 Å². The number of anilines is 1. The Morgan fingerprint density at radius 1 is 1.33 bits per heavy atom. The standard InChI is InChI=1S/C15H13N3O2S/c16-9-12-4-5-13(20-12)14(19)18-11-3-1-2-10(8-11)15-17-6-7-21-15/h1-8H,9,16H2,(H,18,19). The minimum atomic E-state index is -0.300. The van der Waals surface area contributed by atoms with Gasteiger partial charge in [0.1, 0.15) is 10.8 Å². The number of carbonyl (C=O) groups excluding carboxylic acids is 1. The molecule has 5 nitrogen and oxygen atoms in total. The highest BCUT2D eigenvalue weighted by atomic mass is 32.1. The summed E-state index contributed by atoms with van der Waals surface area (Å²) in [6, 6.07) is 10.8. The second kappa shape index (κ2) is 5.90. The monoisotopic (exact) mass is 299 g/mol. The Morgan fingerprint density at radius 2 is 2.24 bits per heavy atom. The van der Waals surface area contributed by atoms with Gasteiger partial charge in [0.25, 0.3) is 5.91 Å². The number of aromatic nitrogens is 1. The van der Waals surface area contributed by atoms with Crippen molar-refractivity contribution >= 4 is 22.9 Å². The lowest BCUT2D eigenvalue weighted by atomic mass is 10.2. The summed E-state index contributed by atoms with van der Waals surface area (Å²) in [6.07, 6.45) is 1.75. The molecule has 0 atom stereocenters.